The minimum atomic E-state index is -5.13. The molecule has 6 atom stereocenters. The molecule has 3 fully saturated rings. The summed E-state index contributed by atoms with van der Waals surface area (Å²) in [5.74, 6) is -4.40. The molecule has 218 valence electrons. The SMILES string of the molecule is CC1(C)[C@H]2C[C@H](OC(=O)[C@H]([C@@H](O)c3ccc([N+](=O)[O-])cc3)C(F)(F)F)[C@](C)(OCc3cccc4ccccc34)[C@@H]1C2. The number of aliphatic hydroxyl groups is 1. The van der Waals surface area contributed by atoms with Gasteiger partial charge in [0.1, 0.15) is 17.8 Å². The molecule has 6 rings (SSSR count). The van der Waals surface area contributed by atoms with Crippen LogP contribution in [0.5, 0.6) is 0 Å². The number of aliphatic hydroxyl groups excluding tert-OH is 1. The maximum atomic E-state index is 14.2. The highest BCUT2D eigenvalue weighted by Gasteiger charge is 2.66. The summed E-state index contributed by atoms with van der Waals surface area (Å²) in [6, 6.07) is 17.6. The molecule has 0 unspecified atom stereocenters. The molecule has 3 aliphatic carbocycles. The Hall–Kier alpha value is -3.50. The average Bonchev–Trinajstić information content (AvgIpc) is 2.92. The molecule has 0 saturated heterocycles. The van der Waals surface area contributed by atoms with Crippen LogP contribution in [0.15, 0.2) is 66.7 Å². The monoisotopic (exact) mass is 571 g/mol. The van der Waals surface area contributed by atoms with E-state index in [9.17, 15) is 33.2 Å². The number of hydrogen-bond donors (Lipinski definition) is 1. The first kappa shape index (κ1) is 29.0. The summed E-state index contributed by atoms with van der Waals surface area (Å²) in [5, 5.41) is 23.6. The summed E-state index contributed by atoms with van der Waals surface area (Å²) in [4.78, 5) is 23.4. The van der Waals surface area contributed by atoms with Gasteiger partial charge in [-0.1, -0.05) is 56.3 Å². The van der Waals surface area contributed by atoms with Gasteiger partial charge in [-0.3, -0.25) is 14.9 Å². The molecule has 0 spiro atoms. The van der Waals surface area contributed by atoms with Gasteiger partial charge in [0.15, 0.2) is 5.92 Å². The largest absolute Gasteiger partial charge is 0.459 e. The van der Waals surface area contributed by atoms with Crippen molar-refractivity contribution < 1.29 is 37.5 Å². The summed E-state index contributed by atoms with van der Waals surface area (Å²) in [7, 11) is 0. The molecule has 3 aromatic rings. The second-order valence-electron chi connectivity index (χ2n) is 11.9. The van der Waals surface area contributed by atoms with Gasteiger partial charge in [0.05, 0.1) is 11.5 Å². The van der Waals surface area contributed by atoms with Crippen molar-refractivity contribution >= 4 is 22.4 Å². The number of esters is 1. The van der Waals surface area contributed by atoms with Crippen molar-refractivity contribution in [3.63, 3.8) is 0 Å². The van der Waals surface area contributed by atoms with Crippen molar-refractivity contribution in [2.45, 2.75) is 64.2 Å². The fourth-order valence-corrected chi connectivity index (χ4v) is 6.76. The zero-order chi connectivity index (χ0) is 29.7. The highest BCUT2D eigenvalue weighted by Crippen LogP contribution is 2.64. The second-order valence-corrected chi connectivity index (χ2v) is 11.9. The maximum Gasteiger partial charge on any atom is 0.405 e. The minimum absolute atomic E-state index is 0.0644. The van der Waals surface area contributed by atoms with Gasteiger partial charge in [0.2, 0.25) is 0 Å². The zero-order valence-corrected chi connectivity index (χ0v) is 22.9. The Labute approximate surface area is 235 Å². The van der Waals surface area contributed by atoms with E-state index in [1.807, 2.05) is 42.5 Å². The number of nitro benzene ring substituents is 1. The normalized spacial score (nSPS) is 26.6. The zero-order valence-electron chi connectivity index (χ0n) is 22.9. The first-order valence-electron chi connectivity index (χ1n) is 13.5. The number of rotatable bonds is 8. The molecule has 0 radical (unpaired) electrons. The lowest BCUT2D eigenvalue weighted by atomic mass is 9.43. The van der Waals surface area contributed by atoms with Crippen molar-refractivity contribution in [2.24, 2.45) is 23.2 Å². The van der Waals surface area contributed by atoms with E-state index >= 15 is 0 Å². The third-order valence-corrected chi connectivity index (χ3v) is 9.35. The summed E-state index contributed by atoms with van der Waals surface area (Å²) in [6.45, 7) is 6.17. The molecule has 0 aromatic heterocycles. The van der Waals surface area contributed by atoms with E-state index in [1.54, 1.807) is 6.92 Å². The topological polar surface area (TPSA) is 98.9 Å². The Morgan fingerprint density at radius 3 is 2.34 bits per heavy atom. The molecular weight excluding hydrogens is 539 g/mol. The van der Waals surface area contributed by atoms with Crippen LogP contribution in [0.4, 0.5) is 18.9 Å². The number of nitro groups is 1. The van der Waals surface area contributed by atoms with Crippen molar-refractivity contribution in [1.82, 2.24) is 0 Å². The van der Waals surface area contributed by atoms with Gasteiger partial charge in [-0.15, -0.1) is 0 Å². The molecule has 2 bridgehead atoms. The minimum Gasteiger partial charge on any atom is -0.459 e. The van der Waals surface area contributed by atoms with Gasteiger partial charge in [0, 0.05) is 12.1 Å². The Bertz CT molecular complexity index is 1450. The molecule has 3 saturated carbocycles. The second kappa shape index (κ2) is 10.4. The average molecular weight is 572 g/mol. The number of ether oxygens (including phenoxy) is 2. The van der Waals surface area contributed by atoms with E-state index in [1.165, 1.54) is 0 Å². The van der Waals surface area contributed by atoms with Crippen LogP contribution in [0.25, 0.3) is 10.8 Å². The van der Waals surface area contributed by atoms with Crippen molar-refractivity contribution in [2.75, 3.05) is 0 Å². The van der Waals surface area contributed by atoms with Crippen LogP contribution >= 0.6 is 0 Å². The summed E-state index contributed by atoms with van der Waals surface area (Å²) in [5.41, 5.74) is -0.944. The van der Waals surface area contributed by atoms with E-state index in [0.717, 1.165) is 47.0 Å². The molecule has 10 heteroatoms. The van der Waals surface area contributed by atoms with Crippen molar-refractivity contribution in [3.8, 4) is 0 Å². The van der Waals surface area contributed by atoms with Crippen LogP contribution in [0.2, 0.25) is 0 Å². The van der Waals surface area contributed by atoms with E-state index in [4.69, 9.17) is 9.47 Å². The maximum absolute atomic E-state index is 14.2. The fourth-order valence-electron chi connectivity index (χ4n) is 6.76. The van der Waals surface area contributed by atoms with Gasteiger partial charge in [-0.05, 0) is 71.0 Å². The van der Waals surface area contributed by atoms with E-state index in [0.29, 0.717) is 6.42 Å². The fraction of sp³-hybridized carbons (Fsp3) is 0.452. The summed E-state index contributed by atoms with van der Waals surface area (Å²) in [6.07, 6.45) is -7.26. The Morgan fingerprint density at radius 1 is 1.05 bits per heavy atom. The number of benzene rings is 3. The standard InChI is InChI=1S/C31H32F3NO6/c1-29(2)21-15-24(29)30(3,40-17-20-9-6-8-18-7-4-5-10-23(18)20)25(16-21)41-28(37)26(31(32,33)34)27(36)19-11-13-22(14-12-19)35(38)39/h4-14,21,24-27,36H,15-17H2,1-3H3/t21-,24-,25+,26+,27+,30-/m1/s1. The van der Waals surface area contributed by atoms with E-state index in [-0.39, 0.29) is 35.1 Å². The molecular formula is C31H32F3NO6. The molecule has 0 heterocycles. The van der Waals surface area contributed by atoms with E-state index in [2.05, 4.69) is 13.8 Å². The third kappa shape index (κ3) is 5.19. The molecule has 0 amide bonds. The van der Waals surface area contributed by atoms with Gasteiger partial charge >= 0.3 is 12.1 Å². The van der Waals surface area contributed by atoms with E-state index < -0.39 is 40.8 Å². The number of non-ortho nitro benzene ring substituents is 1. The number of carbonyl (C=O) groups excluding carboxylic acids is 1. The first-order chi connectivity index (χ1) is 19.2. The van der Waals surface area contributed by atoms with Crippen molar-refractivity contribution in [3.05, 3.63) is 88.0 Å². The van der Waals surface area contributed by atoms with Crippen LogP contribution in [-0.2, 0) is 20.9 Å². The number of halogens is 3. The Balaban J connectivity index is 1.40. The number of hydrogen-bond acceptors (Lipinski definition) is 6. The Morgan fingerprint density at radius 2 is 1.71 bits per heavy atom. The van der Waals surface area contributed by atoms with Crippen molar-refractivity contribution in [1.29, 1.82) is 0 Å². The smallest absolute Gasteiger partial charge is 0.405 e. The number of fused-ring (bicyclic) bond motifs is 3. The van der Waals surface area contributed by atoms with Gasteiger partial charge in [0.25, 0.3) is 5.69 Å². The molecule has 3 aliphatic rings. The van der Waals surface area contributed by atoms with Gasteiger partial charge < -0.3 is 14.6 Å². The predicted molar refractivity (Wildman–Crippen MR) is 145 cm³/mol. The van der Waals surface area contributed by atoms with Crippen LogP contribution < -0.4 is 0 Å². The third-order valence-electron chi connectivity index (χ3n) is 9.35. The lowest BCUT2D eigenvalue weighted by Gasteiger charge is -2.65. The Kier molecular flexibility index (Phi) is 7.36. The van der Waals surface area contributed by atoms with Gasteiger partial charge in [-0.25, -0.2) is 0 Å². The molecule has 3 aromatic carbocycles. The molecule has 1 N–H and O–H groups in total. The quantitative estimate of drug-likeness (QED) is 0.179. The molecule has 0 aliphatic heterocycles. The van der Waals surface area contributed by atoms with Crippen LogP contribution in [0, 0.1) is 33.3 Å². The highest BCUT2D eigenvalue weighted by atomic mass is 19.4. The first-order valence-corrected chi connectivity index (χ1v) is 13.5. The lowest BCUT2D eigenvalue weighted by molar-refractivity contribution is -0.384. The van der Waals surface area contributed by atoms with Gasteiger partial charge in [-0.2, -0.15) is 13.2 Å². The van der Waals surface area contributed by atoms with Crippen LogP contribution in [-0.4, -0.2) is 33.9 Å². The number of nitrogens with zero attached hydrogens (tertiary/aromatic N) is 1. The number of alkyl halides is 3. The summed E-state index contributed by atoms with van der Waals surface area (Å²) < 4.78 is 54.7. The summed E-state index contributed by atoms with van der Waals surface area (Å²) >= 11 is 0. The molecule has 41 heavy (non-hydrogen) atoms. The highest BCUT2D eigenvalue weighted by molar-refractivity contribution is 5.85. The lowest BCUT2D eigenvalue weighted by Crippen LogP contribution is -2.68. The van der Waals surface area contributed by atoms with Crippen LogP contribution in [0.1, 0.15) is 50.8 Å². The predicted octanol–water partition coefficient (Wildman–Crippen LogP) is 6.91. The van der Waals surface area contributed by atoms with Crippen LogP contribution in [0.3, 0.4) is 0 Å². The number of carbonyl (C=O) groups is 1. The molecule has 7 nitrogen and oxygen atoms in total.